The second-order valence-corrected chi connectivity index (χ2v) is 10.9. The van der Waals surface area contributed by atoms with E-state index in [4.69, 9.17) is 9.84 Å². The summed E-state index contributed by atoms with van der Waals surface area (Å²) in [5.74, 6) is 1.01. The summed E-state index contributed by atoms with van der Waals surface area (Å²) in [6.45, 7) is 2.25. The van der Waals surface area contributed by atoms with Gasteiger partial charge in [-0.2, -0.15) is 5.10 Å². The van der Waals surface area contributed by atoms with Gasteiger partial charge in [-0.25, -0.2) is 5.01 Å². The van der Waals surface area contributed by atoms with Crippen LogP contribution in [-0.4, -0.2) is 50.2 Å². The van der Waals surface area contributed by atoms with Crippen molar-refractivity contribution < 1.29 is 14.3 Å². The maximum Gasteiger partial charge on any atom is 0.253 e. The smallest absolute Gasteiger partial charge is 0.253 e. The molecule has 0 radical (unpaired) electrons. The number of benzene rings is 2. The maximum atomic E-state index is 13.4. The van der Waals surface area contributed by atoms with Crippen LogP contribution in [0.2, 0.25) is 0 Å². The van der Waals surface area contributed by atoms with Crippen LogP contribution < -0.4 is 10.1 Å². The fraction of sp³-hybridized carbons (Fsp3) is 0.250. The first-order chi connectivity index (χ1) is 18.9. The zero-order valence-electron chi connectivity index (χ0n) is 21.8. The van der Waals surface area contributed by atoms with Crippen LogP contribution in [0.15, 0.2) is 76.3 Å². The molecular formula is C28H28N6O3S2. The average molecular weight is 561 g/mol. The first kappa shape index (κ1) is 26.6. The fourth-order valence-electron chi connectivity index (χ4n) is 4.22. The number of carbonyl (C=O) groups is 2. The lowest BCUT2D eigenvalue weighted by molar-refractivity contribution is -0.130. The number of thioether (sulfide) groups is 1. The molecule has 2 aromatic heterocycles. The highest BCUT2D eigenvalue weighted by molar-refractivity contribution is 7.99. The number of hydrazone groups is 1. The van der Waals surface area contributed by atoms with Gasteiger partial charge in [0.05, 0.1) is 36.0 Å². The number of thiophene rings is 1. The number of rotatable bonds is 9. The summed E-state index contributed by atoms with van der Waals surface area (Å²) in [7, 11) is 3.37. The number of carbonyl (C=O) groups excluding carboxylic acids is 2. The Morgan fingerprint density at radius 1 is 1.13 bits per heavy atom. The highest BCUT2D eigenvalue weighted by Crippen LogP contribution is 2.34. The number of aryl methyl sites for hydroxylation is 1. The molecule has 11 heteroatoms. The molecule has 2 amide bonds. The molecule has 1 N–H and O–H groups in total. The summed E-state index contributed by atoms with van der Waals surface area (Å²) in [4.78, 5) is 27.0. The lowest BCUT2D eigenvalue weighted by Gasteiger charge is -2.22. The first-order valence-corrected chi connectivity index (χ1v) is 14.2. The highest BCUT2D eigenvalue weighted by Gasteiger charge is 2.33. The van der Waals surface area contributed by atoms with Crippen molar-refractivity contribution in [3.05, 3.63) is 93.4 Å². The van der Waals surface area contributed by atoms with E-state index in [-0.39, 0.29) is 30.2 Å². The van der Waals surface area contributed by atoms with Crippen molar-refractivity contribution >= 4 is 40.6 Å². The largest absolute Gasteiger partial charge is 0.497 e. The quantitative estimate of drug-likeness (QED) is 0.301. The molecule has 2 aromatic carbocycles. The normalized spacial score (nSPS) is 14.8. The van der Waals surface area contributed by atoms with Crippen LogP contribution in [0, 0.1) is 6.92 Å². The summed E-state index contributed by atoms with van der Waals surface area (Å²) in [5.41, 5.74) is 3.64. The van der Waals surface area contributed by atoms with E-state index in [0.717, 1.165) is 16.2 Å². The monoisotopic (exact) mass is 560 g/mol. The number of aromatic nitrogens is 3. The van der Waals surface area contributed by atoms with E-state index in [0.29, 0.717) is 28.7 Å². The second kappa shape index (κ2) is 11.8. The third-order valence-corrected chi connectivity index (χ3v) is 8.35. The second-order valence-electron chi connectivity index (χ2n) is 9.05. The Kier molecular flexibility index (Phi) is 8.08. The van der Waals surface area contributed by atoms with Gasteiger partial charge in [-0.3, -0.25) is 9.59 Å². The zero-order valence-corrected chi connectivity index (χ0v) is 23.5. The summed E-state index contributed by atoms with van der Waals surface area (Å²) < 4.78 is 6.97. The van der Waals surface area contributed by atoms with E-state index in [9.17, 15) is 9.59 Å². The minimum atomic E-state index is -0.239. The van der Waals surface area contributed by atoms with Crippen LogP contribution in [0.4, 0.5) is 0 Å². The molecule has 200 valence electrons. The van der Waals surface area contributed by atoms with Crippen molar-refractivity contribution in [2.24, 2.45) is 12.1 Å². The lowest BCUT2D eigenvalue weighted by atomic mass is 10.00. The van der Waals surface area contributed by atoms with Gasteiger partial charge < -0.3 is 14.6 Å². The summed E-state index contributed by atoms with van der Waals surface area (Å²) in [6.07, 6.45) is 0.668. The zero-order chi connectivity index (χ0) is 27.4. The number of ether oxygens (including phenoxy) is 1. The van der Waals surface area contributed by atoms with Crippen molar-refractivity contribution in [3.63, 3.8) is 0 Å². The maximum absolute atomic E-state index is 13.4. The number of hydrogen-bond donors (Lipinski definition) is 1. The van der Waals surface area contributed by atoms with Gasteiger partial charge in [0.2, 0.25) is 0 Å². The third kappa shape index (κ3) is 6.04. The average Bonchev–Trinajstić information content (AvgIpc) is 3.71. The summed E-state index contributed by atoms with van der Waals surface area (Å²) in [5, 5.41) is 20.3. The van der Waals surface area contributed by atoms with Crippen molar-refractivity contribution in [1.82, 2.24) is 25.1 Å². The SMILES string of the molecule is COc1cccc(C(=O)NCc2nnc(SCC(=O)N3N=C(c4cccs4)C[C@@H]3c3ccc(C)cc3)n2C)c1. The molecule has 39 heavy (non-hydrogen) atoms. The van der Waals surface area contributed by atoms with Gasteiger partial charge in [-0.15, -0.1) is 21.5 Å². The number of nitrogens with zero attached hydrogens (tertiary/aromatic N) is 5. The fourth-order valence-corrected chi connectivity index (χ4v) is 5.73. The Bertz CT molecular complexity index is 1500. The predicted octanol–water partition coefficient (Wildman–Crippen LogP) is 4.59. The number of amides is 2. The molecule has 5 rings (SSSR count). The first-order valence-electron chi connectivity index (χ1n) is 12.4. The molecule has 0 saturated heterocycles. The minimum Gasteiger partial charge on any atom is -0.497 e. The predicted molar refractivity (Wildman–Crippen MR) is 152 cm³/mol. The Balaban J connectivity index is 1.24. The van der Waals surface area contributed by atoms with Crippen LogP contribution in [-0.2, 0) is 18.4 Å². The topological polar surface area (TPSA) is 102 Å². The van der Waals surface area contributed by atoms with Gasteiger partial charge in [0, 0.05) is 19.0 Å². The Morgan fingerprint density at radius 2 is 1.95 bits per heavy atom. The summed E-state index contributed by atoms with van der Waals surface area (Å²) in [6, 6.07) is 19.1. The molecule has 0 aliphatic carbocycles. The van der Waals surface area contributed by atoms with E-state index >= 15 is 0 Å². The molecular weight excluding hydrogens is 532 g/mol. The molecule has 0 unspecified atom stereocenters. The van der Waals surface area contributed by atoms with E-state index in [1.165, 1.54) is 17.3 Å². The van der Waals surface area contributed by atoms with Crippen molar-refractivity contribution in [3.8, 4) is 5.75 Å². The Hall–Kier alpha value is -3.96. The molecule has 0 spiro atoms. The van der Waals surface area contributed by atoms with Crippen LogP contribution in [0.5, 0.6) is 5.75 Å². The number of hydrogen-bond acceptors (Lipinski definition) is 8. The molecule has 1 aliphatic heterocycles. The molecule has 4 aromatic rings. The molecule has 3 heterocycles. The van der Waals surface area contributed by atoms with Crippen molar-refractivity contribution in [1.29, 1.82) is 0 Å². The van der Waals surface area contributed by atoms with E-state index < -0.39 is 0 Å². The Morgan fingerprint density at radius 3 is 2.69 bits per heavy atom. The van der Waals surface area contributed by atoms with Gasteiger partial charge in [0.15, 0.2) is 11.0 Å². The molecule has 0 bridgehead atoms. The van der Waals surface area contributed by atoms with Gasteiger partial charge >= 0.3 is 0 Å². The van der Waals surface area contributed by atoms with Crippen molar-refractivity contribution in [2.45, 2.75) is 31.1 Å². The van der Waals surface area contributed by atoms with Crippen LogP contribution in [0.25, 0.3) is 0 Å². The third-order valence-electron chi connectivity index (χ3n) is 6.42. The summed E-state index contributed by atoms with van der Waals surface area (Å²) >= 11 is 2.92. The number of methoxy groups -OCH3 is 1. The highest BCUT2D eigenvalue weighted by atomic mass is 32.2. The van der Waals surface area contributed by atoms with Gasteiger partial charge in [0.1, 0.15) is 5.75 Å². The molecule has 9 nitrogen and oxygen atoms in total. The molecule has 0 saturated carbocycles. The molecule has 1 aliphatic rings. The van der Waals surface area contributed by atoms with Crippen molar-refractivity contribution in [2.75, 3.05) is 12.9 Å². The van der Waals surface area contributed by atoms with E-state index in [1.54, 1.807) is 52.3 Å². The van der Waals surface area contributed by atoms with Crippen LogP contribution >= 0.6 is 23.1 Å². The standard InChI is InChI=1S/C28H28N6O3S2/c1-18-9-11-19(12-10-18)23-15-22(24-8-5-13-38-24)32-34(23)26(35)17-39-28-31-30-25(33(28)2)16-29-27(36)20-6-4-7-21(14-20)37-3/h4-14,23H,15-17H2,1-3H3,(H,29,36)/t23-/m1/s1. The van der Waals surface area contributed by atoms with E-state index in [2.05, 4.69) is 39.8 Å². The lowest BCUT2D eigenvalue weighted by Crippen LogP contribution is -2.28. The van der Waals surface area contributed by atoms with Gasteiger partial charge in [0.25, 0.3) is 11.8 Å². The van der Waals surface area contributed by atoms with Crippen LogP contribution in [0.1, 0.15) is 44.6 Å². The number of nitrogens with one attached hydrogen (secondary N) is 1. The van der Waals surface area contributed by atoms with Gasteiger partial charge in [-0.05, 0) is 42.1 Å². The van der Waals surface area contributed by atoms with Crippen LogP contribution in [0.3, 0.4) is 0 Å². The molecule has 1 atom stereocenters. The van der Waals surface area contributed by atoms with E-state index in [1.807, 2.05) is 31.5 Å². The Labute approximate surface area is 234 Å². The molecule has 0 fully saturated rings. The minimum absolute atomic E-state index is 0.104. The van der Waals surface area contributed by atoms with Gasteiger partial charge in [-0.1, -0.05) is 53.7 Å².